The Labute approximate surface area is 91.0 Å². The van der Waals surface area contributed by atoms with Crippen LogP contribution in [0.4, 0.5) is 0 Å². The lowest BCUT2D eigenvalue weighted by Crippen LogP contribution is -2.39. The predicted molar refractivity (Wildman–Crippen MR) is 59.7 cm³/mol. The van der Waals surface area contributed by atoms with Crippen LogP contribution in [0.2, 0.25) is 0 Å². The molecule has 0 aromatic rings. The lowest BCUT2D eigenvalue weighted by Gasteiger charge is -2.29. The molecule has 1 atom stereocenters. The van der Waals surface area contributed by atoms with Crippen molar-refractivity contribution in [1.82, 2.24) is 10.2 Å². The molecule has 0 amide bonds. The summed E-state index contributed by atoms with van der Waals surface area (Å²) in [7, 11) is 0. The zero-order chi connectivity index (χ0) is 11.1. The molecular formula is C11H20N2O2. The second kappa shape index (κ2) is 6.45. The number of nitrogens with zero attached hydrogens (tertiary/aromatic N) is 1. The largest absolute Gasteiger partial charge is 0.478 e. The Hall–Kier alpha value is -1.03. The van der Waals surface area contributed by atoms with E-state index in [4.69, 9.17) is 5.11 Å². The van der Waals surface area contributed by atoms with Crippen LogP contribution in [0, 0.1) is 0 Å². The van der Waals surface area contributed by atoms with Gasteiger partial charge in [0, 0.05) is 24.9 Å². The van der Waals surface area contributed by atoms with Crippen LogP contribution in [-0.2, 0) is 4.79 Å². The molecule has 0 aliphatic carbocycles. The summed E-state index contributed by atoms with van der Waals surface area (Å²) in [6.45, 7) is 5.41. The highest BCUT2D eigenvalue weighted by Gasteiger charge is 2.12. The predicted octanol–water partition coefficient (Wildman–Crippen LogP) is 1.05. The molecule has 1 fully saturated rings. The minimum atomic E-state index is -0.910. The highest BCUT2D eigenvalue weighted by molar-refractivity contribution is 5.79. The summed E-state index contributed by atoms with van der Waals surface area (Å²) in [4.78, 5) is 12.7. The van der Waals surface area contributed by atoms with E-state index in [-0.39, 0.29) is 0 Å². The van der Waals surface area contributed by atoms with Crippen molar-refractivity contribution in [3.63, 3.8) is 0 Å². The van der Waals surface area contributed by atoms with E-state index in [2.05, 4.69) is 17.1 Å². The molecule has 1 heterocycles. The van der Waals surface area contributed by atoms with Gasteiger partial charge in [0.15, 0.2) is 0 Å². The summed E-state index contributed by atoms with van der Waals surface area (Å²) >= 11 is 0. The van der Waals surface area contributed by atoms with Gasteiger partial charge in [-0.05, 0) is 32.9 Å². The van der Waals surface area contributed by atoms with Gasteiger partial charge in [-0.3, -0.25) is 0 Å². The lowest BCUT2D eigenvalue weighted by molar-refractivity contribution is -0.131. The highest BCUT2D eigenvalue weighted by Crippen LogP contribution is 2.08. The smallest absolute Gasteiger partial charge is 0.329 e. The van der Waals surface area contributed by atoms with Gasteiger partial charge >= 0.3 is 5.97 Å². The van der Waals surface area contributed by atoms with Gasteiger partial charge in [0.2, 0.25) is 0 Å². The van der Waals surface area contributed by atoms with Gasteiger partial charge in [-0.1, -0.05) is 6.42 Å². The molecule has 1 aliphatic rings. The monoisotopic (exact) mass is 212 g/mol. The Morgan fingerprint density at radius 3 is 2.73 bits per heavy atom. The van der Waals surface area contributed by atoms with E-state index in [1.165, 1.54) is 38.6 Å². The Bertz CT molecular complexity index is 223. The quantitative estimate of drug-likeness (QED) is 0.669. The van der Waals surface area contributed by atoms with Crippen molar-refractivity contribution in [1.29, 1.82) is 0 Å². The van der Waals surface area contributed by atoms with Crippen molar-refractivity contribution in [2.45, 2.75) is 32.2 Å². The topological polar surface area (TPSA) is 52.6 Å². The van der Waals surface area contributed by atoms with E-state index in [0.717, 1.165) is 12.6 Å². The molecule has 0 radical (unpaired) electrons. The number of likely N-dealkylation sites (tertiary alicyclic amines) is 1. The van der Waals surface area contributed by atoms with E-state index < -0.39 is 5.97 Å². The lowest BCUT2D eigenvalue weighted by atomic mass is 10.1. The first-order chi connectivity index (χ1) is 7.18. The Balaban J connectivity index is 2.16. The Morgan fingerprint density at radius 1 is 1.47 bits per heavy atom. The number of carbonyl (C=O) groups is 1. The molecule has 0 spiro atoms. The number of aliphatic carboxylic acids is 1. The number of nitrogens with one attached hydrogen (secondary N) is 1. The number of carboxylic acids is 1. The van der Waals surface area contributed by atoms with Crippen LogP contribution in [0.1, 0.15) is 26.2 Å². The van der Waals surface area contributed by atoms with Crippen LogP contribution >= 0.6 is 0 Å². The first-order valence-corrected chi connectivity index (χ1v) is 5.56. The highest BCUT2D eigenvalue weighted by atomic mass is 16.4. The van der Waals surface area contributed by atoms with E-state index in [0.29, 0.717) is 6.04 Å². The molecule has 1 unspecified atom stereocenters. The normalized spacial score (nSPS) is 20.3. The van der Waals surface area contributed by atoms with Crippen LogP contribution in [-0.4, -0.2) is 41.7 Å². The molecule has 0 aromatic heterocycles. The SMILES string of the molecule is CC(CN1CCCCC1)N/C=C/C(=O)O. The molecule has 2 N–H and O–H groups in total. The number of rotatable bonds is 5. The van der Waals surface area contributed by atoms with E-state index >= 15 is 0 Å². The van der Waals surface area contributed by atoms with Crippen molar-refractivity contribution >= 4 is 5.97 Å². The fraction of sp³-hybridized carbons (Fsp3) is 0.727. The molecule has 0 aromatic carbocycles. The number of hydrogen-bond donors (Lipinski definition) is 2. The van der Waals surface area contributed by atoms with Crippen LogP contribution in [0.15, 0.2) is 12.3 Å². The van der Waals surface area contributed by atoms with Crippen LogP contribution < -0.4 is 5.32 Å². The van der Waals surface area contributed by atoms with E-state index in [9.17, 15) is 4.79 Å². The molecule has 4 heteroatoms. The standard InChI is InChI=1S/C11H20N2O2/c1-10(12-6-5-11(14)15)9-13-7-3-2-4-8-13/h5-6,10,12H,2-4,7-9H2,1H3,(H,14,15)/b6-5+. The Kier molecular flexibility index (Phi) is 5.18. The summed E-state index contributed by atoms with van der Waals surface area (Å²) in [5, 5.41) is 11.5. The van der Waals surface area contributed by atoms with E-state index in [1.54, 1.807) is 0 Å². The summed E-state index contributed by atoms with van der Waals surface area (Å²) in [5.74, 6) is -0.910. The first-order valence-electron chi connectivity index (χ1n) is 5.56. The van der Waals surface area contributed by atoms with Gasteiger partial charge in [-0.2, -0.15) is 0 Å². The van der Waals surface area contributed by atoms with Crippen molar-refractivity contribution in [2.24, 2.45) is 0 Å². The molecule has 1 saturated heterocycles. The van der Waals surface area contributed by atoms with Gasteiger partial charge in [-0.25, -0.2) is 4.79 Å². The fourth-order valence-electron chi connectivity index (χ4n) is 1.87. The molecule has 0 bridgehead atoms. The fourth-order valence-corrected chi connectivity index (χ4v) is 1.87. The van der Waals surface area contributed by atoms with Crippen molar-refractivity contribution < 1.29 is 9.90 Å². The molecule has 1 aliphatic heterocycles. The first kappa shape index (κ1) is 12.0. The molecule has 0 saturated carbocycles. The minimum absolute atomic E-state index is 0.304. The number of hydrogen-bond acceptors (Lipinski definition) is 3. The summed E-state index contributed by atoms with van der Waals surface area (Å²) in [5.41, 5.74) is 0. The van der Waals surface area contributed by atoms with E-state index in [1.807, 2.05) is 0 Å². The number of carboxylic acid groups (broad SMARTS) is 1. The molecule has 86 valence electrons. The maximum Gasteiger partial charge on any atom is 0.329 e. The number of piperidine rings is 1. The maximum atomic E-state index is 10.2. The second-order valence-corrected chi connectivity index (χ2v) is 4.10. The van der Waals surface area contributed by atoms with Crippen molar-refractivity contribution in [2.75, 3.05) is 19.6 Å². The summed E-state index contributed by atoms with van der Waals surface area (Å²) in [6.07, 6.45) is 6.57. The Morgan fingerprint density at radius 2 is 2.13 bits per heavy atom. The average Bonchev–Trinajstić information content (AvgIpc) is 2.18. The second-order valence-electron chi connectivity index (χ2n) is 4.10. The average molecular weight is 212 g/mol. The minimum Gasteiger partial charge on any atom is -0.478 e. The third kappa shape index (κ3) is 5.42. The summed E-state index contributed by atoms with van der Waals surface area (Å²) < 4.78 is 0. The van der Waals surface area contributed by atoms with Crippen molar-refractivity contribution in [3.8, 4) is 0 Å². The van der Waals surface area contributed by atoms with Gasteiger partial charge in [-0.15, -0.1) is 0 Å². The third-order valence-corrected chi connectivity index (χ3v) is 2.59. The van der Waals surface area contributed by atoms with Crippen molar-refractivity contribution in [3.05, 3.63) is 12.3 Å². The molecule has 15 heavy (non-hydrogen) atoms. The molecule has 1 rings (SSSR count). The van der Waals surface area contributed by atoms with Gasteiger partial charge in [0.1, 0.15) is 0 Å². The maximum absolute atomic E-state index is 10.2. The van der Waals surface area contributed by atoms with Gasteiger partial charge in [0.05, 0.1) is 0 Å². The third-order valence-electron chi connectivity index (χ3n) is 2.59. The molecule has 4 nitrogen and oxygen atoms in total. The van der Waals surface area contributed by atoms with Crippen LogP contribution in [0.3, 0.4) is 0 Å². The van der Waals surface area contributed by atoms with Crippen LogP contribution in [0.5, 0.6) is 0 Å². The van der Waals surface area contributed by atoms with Gasteiger partial charge < -0.3 is 15.3 Å². The zero-order valence-electron chi connectivity index (χ0n) is 9.28. The van der Waals surface area contributed by atoms with Gasteiger partial charge in [0.25, 0.3) is 0 Å². The zero-order valence-corrected chi connectivity index (χ0v) is 9.28. The summed E-state index contributed by atoms with van der Waals surface area (Å²) in [6, 6.07) is 0.304. The molecular weight excluding hydrogens is 192 g/mol. The van der Waals surface area contributed by atoms with Crippen LogP contribution in [0.25, 0.3) is 0 Å².